The molecule has 1 aliphatic rings. The normalized spacial score (nSPS) is 20.7. The van der Waals surface area contributed by atoms with Crippen LogP contribution in [0.1, 0.15) is 51.5 Å². The van der Waals surface area contributed by atoms with Crippen molar-refractivity contribution < 1.29 is 0 Å². The average molecular weight is 258 g/mol. The molecule has 0 amide bonds. The molecular formula is C15H22N4. The number of hydrogen-bond donors (Lipinski definition) is 0. The van der Waals surface area contributed by atoms with Gasteiger partial charge in [-0.3, -0.25) is 4.90 Å². The topological polar surface area (TPSA) is 34.0 Å². The zero-order valence-electron chi connectivity index (χ0n) is 12.0. The molecule has 4 heteroatoms. The molecular weight excluding hydrogens is 236 g/mol. The predicted octanol–water partition coefficient (Wildman–Crippen LogP) is 3.17. The van der Waals surface area contributed by atoms with E-state index in [1.165, 1.54) is 25.2 Å². The number of hydrogen-bond acceptors (Lipinski definition) is 3. The first-order chi connectivity index (χ1) is 9.22. The van der Waals surface area contributed by atoms with E-state index in [1.54, 1.807) is 0 Å². The summed E-state index contributed by atoms with van der Waals surface area (Å²) in [6.45, 7) is 8.95. The molecule has 1 aliphatic heterocycles. The Bertz CT molecular complexity index is 573. The van der Waals surface area contributed by atoms with E-state index in [-0.39, 0.29) is 0 Å². The van der Waals surface area contributed by atoms with Crippen LogP contribution in [0.2, 0.25) is 0 Å². The number of rotatable bonds is 3. The van der Waals surface area contributed by atoms with E-state index >= 15 is 0 Å². The number of aromatic nitrogens is 3. The van der Waals surface area contributed by atoms with E-state index < -0.39 is 0 Å². The molecule has 2 aromatic heterocycles. The van der Waals surface area contributed by atoms with Gasteiger partial charge in [0.05, 0.1) is 6.04 Å². The minimum Gasteiger partial charge on any atom is -0.309 e. The van der Waals surface area contributed by atoms with Crippen LogP contribution in [0.25, 0.3) is 11.2 Å². The number of nitrogens with zero attached hydrogens (tertiary/aromatic N) is 4. The summed E-state index contributed by atoms with van der Waals surface area (Å²) in [4.78, 5) is 11.9. The van der Waals surface area contributed by atoms with Crippen LogP contribution >= 0.6 is 0 Å². The Hall–Kier alpha value is -1.42. The lowest BCUT2D eigenvalue weighted by Crippen LogP contribution is -2.25. The van der Waals surface area contributed by atoms with E-state index in [4.69, 9.17) is 4.98 Å². The summed E-state index contributed by atoms with van der Waals surface area (Å²) in [7, 11) is 0. The van der Waals surface area contributed by atoms with E-state index in [0.717, 1.165) is 17.7 Å². The Morgan fingerprint density at radius 1 is 1.42 bits per heavy atom. The quantitative estimate of drug-likeness (QED) is 0.848. The third kappa shape index (κ3) is 2.04. The number of fused-ring (bicyclic) bond motifs is 1. The molecule has 19 heavy (non-hydrogen) atoms. The molecule has 0 spiro atoms. The fourth-order valence-electron chi connectivity index (χ4n) is 3.19. The molecule has 3 rings (SSSR count). The van der Waals surface area contributed by atoms with Crippen LogP contribution in [-0.2, 0) is 0 Å². The lowest BCUT2D eigenvalue weighted by molar-refractivity contribution is 0.255. The third-order valence-corrected chi connectivity index (χ3v) is 4.06. The summed E-state index contributed by atoms with van der Waals surface area (Å²) in [6.07, 6.45) is 4.34. The molecule has 0 radical (unpaired) electrons. The van der Waals surface area contributed by atoms with E-state index in [0.29, 0.717) is 12.1 Å². The largest absolute Gasteiger partial charge is 0.309 e. The Morgan fingerprint density at radius 3 is 3.00 bits per heavy atom. The van der Waals surface area contributed by atoms with Gasteiger partial charge in [-0.2, -0.15) is 0 Å². The van der Waals surface area contributed by atoms with Gasteiger partial charge in [-0.15, -0.1) is 0 Å². The molecule has 1 unspecified atom stereocenters. The second kappa shape index (κ2) is 4.93. The van der Waals surface area contributed by atoms with Gasteiger partial charge in [-0.1, -0.05) is 6.92 Å². The molecule has 1 atom stereocenters. The highest BCUT2D eigenvalue weighted by molar-refractivity contribution is 5.71. The first kappa shape index (κ1) is 12.6. The van der Waals surface area contributed by atoms with Gasteiger partial charge in [0.15, 0.2) is 5.65 Å². The first-order valence-electron chi connectivity index (χ1n) is 7.29. The van der Waals surface area contributed by atoms with Crippen molar-refractivity contribution in [2.24, 2.45) is 0 Å². The van der Waals surface area contributed by atoms with Crippen LogP contribution in [0.15, 0.2) is 18.3 Å². The van der Waals surface area contributed by atoms with Gasteiger partial charge in [0.25, 0.3) is 0 Å². The predicted molar refractivity (Wildman–Crippen MR) is 77.1 cm³/mol. The number of imidazole rings is 1. The summed E-state index contributed by atoms with van der Waals surface area (Å²) in [5.74, 6) is 1.20. The van der Waals surface area contributed by atoms with Gasteiger partial charge in [0.2, 0.25) is 0 Å². The van der Waals surface area contributed by atoms with E-state index in [2.05, 4.69) is 41.3 Å². The molecule has 102 valence electrons. The van der Waals surface area contributed by atoms with Gasteiger partial charge < -0.3 is 4.57 Å². The maximum absolute atomic E-state index is 4.87. The lowest BCUT2D eigenvalue weighted by atomic mass is 10.2. The van der Waals surface area contributed by atoms with Crippen molar-refractivity contribution in [3.05, 3.63) is 24.2 Å². The van der Waals surface area contributed by atoms with Crippen molar-refractivity contribution in [3.63, 3.8) is 0 Å². The molecule has 4 nitrogen and oxygen atoms in total. The Labute approximate surface area is 114 Å². The van der Waals surface area contributed by atoms with Crippen LogP contribution in [-0.4, -0.2) is 32.5 Å². The van der Waals surface area contributed by atoms with Gasteiger partial charge >= 0.3 is 0 Å². The fraction of sp³-hybridized carbons (Fsp3) is 0.600. The zero-order valence-corrected chi connectivity index (χ0v) is 12.0. The Morgan fingerprint density at radius 2 is 2.26 bits per heavy atom. The van der Waals surface area contributed by atoms with Gasteiger partial charge in [-0.05, 0) is 51.9 Å². The van der Waals surface area contributed by atoms with Crippen LogP contribution in [0.5, 0.6) is 0 Å². The van der Waals surface area contributed by atoms with Crippen LogP contribution in [0, 0.1) is 0 Å². The second-order valence-corrected chi connectivity index (χ2v) is 5.57. The monoisotopic (exact) mass is 258 g/mol. The molecule has 2 aromatic rings. The van der Waals surface area contributed by atoms with Gasteiger partial charge in [0, 0.05) is 12.2 Å². The smallest absolute Gasteiger partial charge is 0.160 e. The molecule has 1 fully saturated rings. The highest BCUT2D eigenvalue weighted by Gasteiger charge is 2.30. The minimum atomic E-state index is 0.397. The van der Waals surface area contributed by atoms with Crippen molar-refractivity contribution in [2.45, 2.75) is 45.7 Å². The maximum Gasteiger partial charge on any atom is 0.160 e. The average Bonchev–Trinajstić information content (AvgIpc) is 3.01. The molecule has 0 saturated carbocycles. The molecule has 3 heterocycles. The molecule has 0 aromatic carbocycles. The van der Waals surface area contributed by atoms with Crippen molar-refractivity contribution in [2.75, 3.05) is 13.1 Å². The summed E-state index contributed by atoms with van der Waals surface area (Å²) in [5, 5.41) is 0. The van der Waals surface area contributed by atoms with Crippen LogP contribution in [0.4, 0.5) is 0 Å². The lowest BCUT2D eigenvalue weighted by Gasteiger charge is -2.24. The van der Waals surface area contributed by atoms with Gasteiger partial charge in [0.1, 0.15) is 11.3 Å². The summed E-state index contributed by atoms with van der Waals surface area (Å²) in [5.41, 5.74) is 2.05. The second-order valence-electron chi connectivity index (χ2n) is 5.57. The number of likely N-dealkylation sites (tertiary alicyclic amines) is 1. The highest BCUT2D eigenvalue weighted by Crippen LogP contribution is 2.34. The fourth-order valence-corrected chi connectivity index (χ4v) is 3.19. The third-order valence-electron chi connectivity index (χ3n) is 4.06. The van der Waals surface area contributed by atoms with Crippen molar-refractivity contribution in [1.29, 1.82) is 0 Å². The van der Waals surface area contributed by atoms with Crippen molar-refractivity contribution in [3.8, 4) is 0 Å². The summed E-state index contributed by atoms with van der Waals surface area (Å²) >= 11 is 0. The van der Waals surface area contributed by atoms with E-state index in [1.807, 2.05) is 12.3 Å². The molecule has 0 aliphatic carbocycles. The first-order valence-corrected chi connectivity index (χ1v) is 7.29. The van der Waals surface area contributed by atoms with Crippen LogP contribution < -0.4 is 0 Å². The SMILES string of the molecule is CCN1CCCC1c1nc2cccnc2n1C(C)C. The Kier molecular flexibility index (Phi) is 3.27. The highest BCUT2D eigenvalue weighted by atomic mass is 15.2. The molecule has 0 N–H and O–H groups in total. The molecule has 1 saturated heterocycles. The summed E-state index contributed by atoms with van der Waals surface area (Å²) in [6, 6.07) is 4.89. The Balaban J connectivity index is 2.14. The maximum atomic E-state index is 4.87. The van der Waals surface area contributed by atoms with Crippen LogP contribution in [0.3, 0.4) is 0 Å². The van der Waals surface area contributed by atoms with Gasteiger partial charge in [-0.25, -0.2) is 9.97 Å². The summed E-state index contributed by atoms with van der Waals surface area (Å²) < 4.78 is 2.31. The minimum absolute atomic E-state index is 0.397. The standard InChI is InChI=1S/C15H22N4/c1-4-18-10-6-8-13(18)15-17-12-7-5-9-16-14(12)19(15)11(2)3/h5,7,9,11,13H,4,6,8,10H2,1-3H3. The van der Waals surface area contributed by atoms with Crippen molar-refractivity contribution >= 4 is 11.2 Å². The van der Waals surface area contributed by atoms with E-state index in [9.17, 15) is 0 Å². The molecule has 0 bridgehead atoms. The van der Waals surface area contributed by atoms with Crippen molar-refractivity contribution in [1.82, 2.24) is 19.4 Å². The number of pyridine rings is 1. The zero-order chi connectivity index (χ0) is 13.4.